The summed E-state index contributed by atoms with van der Waals surface area (Å²) in [4.78, 5) is 6.99. The van der Waals surface area contributed by atoms with E-state index in [1.807, 2.05) is 18.3 Å². The van der Waals surface area contributed by atoms with Gasteiger partial charge in [0, 0.05) is 17.6 Å². The highest BCUT2D eigenvalue weighted by Crippen LogP contribution is 2.50. The largest absolute Gasteiger partial charge is 0.335 e. The van der Waals surface area contributed by atoms with Crippen molar-refractivity contribution in [3.63, 3.8) is 0 Å². The Morgan fingerprint density at radius 1 is 0.579 bits per heavy atom. The summed E-state index contributed by atoms with van der Waals surface area (Å²) >= 11 is 0. The van der Waals surface area contributed by atoms with Crippen LogP contribution in [0.2, 0.25) is 0 Å². The Bertz CT molecular complexity index is 2990. The van der Waals surface area contributed by atoms with Crippen LogP contribution in [0.4, 0.5) is 5.69 Å². The molecule has 1 heterocycles. The van der Waals surface area contributed by atoms with Gasteiger partial charge in [0.2, 0.25) is 0 Å². The quantitative estimate of drug-likeness (QED) is 0.145. The van der Waals surface area contributed by atoms with Crippen LogP contribution in [0.5, 0.6) is 0 Å². The molecule has 0 fully saturated rings. The van der Waals surface area contributed by atoms with Gasteiger partial charge in [-0.3, -0.25) is 4.98 Å². The molecule has 0 aliphatic heterocycles. The normalized spacial score (nSPS) is 14.9. The average Bonchev–Trinajstić information content (AvgIpc) is 3.78. The molecule has 2 nitrogen and oxygen atoms in total. The predicted molar refractivity (Wildman–Crippen MR) is 242 cm³/mol. The lowest BCUT2D eigenvalue weighted by Crippen LogP contribution is -2.33. The van der Waals surface area contributed by atoms with Crippen molar-refractivity contribution in [2.75, 3.05) is 4.90 Å². The highest BCUT2D eigenvalue weighted by Gasteiger charge is 2.25. The predicted octanol–water partition coefficient (Wildman–Crippen LogP) is 14.2. The average molecular weight is 727 g/mol. The van der Waals surface area contributed by atoms with E-state index in [0.717, 1.165) is 34.6 Å². The molecule has 0 N–H and O–H groups in total. The molecule has 0 saturated carbocycles. The molecule has 1 aromatic heterocycles. The van der Waals surface area contributed by atoms with Crippen molar-refractivity contribution in [1.29, 1.82) is 0 Å². The topological polar surface area (TPSA) is 16.1 Å². The van der Waals surface area contributed by atoms with Crippen molar-refractivity contribution in [2.45, 2.75) is 12.5 Å². The number of allylic oxidation sites excluding steroid dienone is 5. The van der Waals surface area contributed by atoms with Gasteiger partial charge >= 0.3 is 0 Å². The lowest BCUT2D eigenvalue weighted by Gasteiger charge is -2.33. The molecule has 3 aliphatic rings. The van der Waals surface area contributed by atoms with Gasteiger partial charge in [-0.25, -0.2) is 0 Å². The second-order valence-electron chi connectivity index (χ2n) is 15.1. The van der Waals surface area contributed by atoms with E-state index in [1.165, 1.54) is 77.2 Å². The molecular formula is C55H38N2. The second-order valence-corrected chi connectivity index (χ2v) is 15.1. The minimum absolute atomic E-state index is 0.0781. The van der Waals surface area contributed by atoms with Gasteiger partial charge in [0.25, 0.3) is 0 Å². The van der Waals surface area contributed by atoms with Crippen molar-refractivity contribution < 1.29 is 0 Å². The Hall–Kier alpha value is -7.29. The van der Waals surface area contributed by atoms with Crippen molar-refractivity contribution in [3.8, 4) is 44.5 Å². The molecule has 0 amide bonds. The molecule has 0 spiro atoms. The molecule has 3 aliphatic carbocycles. The molecule has 0 saturated heterocycles. The molecule has 1 unspecified atom stereocenters. The zero-order valence-electron chi connectivity index (χ0n) is 31.4. The Morgan fingerprint density at radius 2 is 1.18 bits per heavy atom. The zero-order valence-corrected chi connectivity index (χ0v) is 31.4. The summed E-state index contributed by atoms with van der Waals surface area (Å²) in [6, 6.07) is 57.1. The minimum Gasteiger partial charge on any atom is -0.335 e. The van der Waals surface area contributed by atoms with Gasteiger partial charge in [0.15, 0.2) is 0 Å². The van der Waals surface area contributed by atoms with Crippen molar-refractivity contribution in [3.05, 3.63) is 223 Å². The number of benzene rings is 7. The van der Waals surface area contributed by atoms with Crippen LogP contribution >= 0.6 is 0 Å². The van der Waals surface area contributed by atoms with Gasteiger partial charge in [0.05, 0.1) is 11.7 Å². The molecule has 57 heavy (non-hydrogen) atoms. The van der Waals surface area contributed by atoms with Gasteiger partial charge in [-0.1, -0.05) is 170 Å². The van der Waals surface area contributed by atoms with Crippen molar-refractivity contribution >= 4 is 44.5 Å². The maximum absolute atomic E-state index is 4.82. The van der Waals surface area contributed by atoms with Crippen LogP contribution in [0.3, 0.4) is 0 Å². The van der Waals surface area contributed by atoms with Crippen LogP contribution in [0.15, 0.2) is 207 Å². The van der Waals surface area contributed by atoms with Crippen molar-refractivity contribution in [1.82, 2.24) is 4.98 Å². The van der Waals surface area contributed by atoms with E-state index in [0.29, 0.717) is 0 Å². The van der Waals surface area contributed by atoms with E-state index in [2.05, 4.69) is 192 Å². The standard InChI is InChI=1S/C55H38N2/c1-36(57(40-13-3-2-4-14-40)41-29-26-38(27-30-41)53-23-9-10-34-56-53)35-39(42-32-33-52-47-18-8-6-16-45(47)50-22-12-20-48(42)55(50)52)25-24-37-28-31-51-46-17-7-5-15-44(46)49-21-11-19-43(37)54(49)51/h2-29,31-35,41H,1,30H2/b25-24+,39-35+. The Balaban J connectivity index is 1.06. The van der Waals surface area contributed by atoms with E-state index in [-0.39, 0.29) is 6.04 Å². The van der Waals surface area contributed by atoms with Gasteiger partial charge in [0.1, 0.15) is 0 Å². The van der Waals surface area contributed by atoms with Gasteiger partial charge in [-0.05, 0) is 125 Å². The summed E-state index contributed by atoms with van der Waals surface area (Å²) in [5, 5.41) is 5.15. The Morgan fingerprint density at radius 3 is 1.82 bits per heavy atom. The molecule has 8 aromatic rings. The number of para-hydroxylation sites is 1. The Kier molecular flexibility index (Phi) is 7.82. The van der Waals surface area contributed by atoms with Crippen LogP contribution in [0.25, 0.3) is 83.3 Å². The number of aromatic nitrogens is 1. The number of pyridine rings is 1. The van der Waals surface area contributed by atoms with Crippen molar-refractivity contribution in [2.24, 2.45) is 0 Å². The number of fused-ring (bicyclic) bond motifs is 6. The second kappa shape index (κ2) is 13.5. The smallest absolute Gasteiger partial charge is 0.0698 e. The maximum atomic E-state index is 4.82. The molecule has 2 heteroatoms. The Labute approximate surface area is 333 Å². The van der Waals surface area contributed by atoms with E-state index in [9.17, 15) is 0 Å². The van der Waals surface area contributed by atoms with E-state index < -0.39 is 0 Å². The van der Waals surface area contributed by atoms with Crippen LogP contribution in [0.1, 0.15) is 23.2 Å². The first kappa shape index (κ1) is 33.1. The maximum Gasteiger partial charge on any atom is 0.0698 e. The zero-order chi connectivity index (χ0) is 37.9. The van der Waals surface area contributed by atoms with Gasteiger partial charge in [-0.2, -0.15) is 0 Å². The fraction of sp³-hybridized carbons (Fsp3) is 0.0364. The third-order valence-electron chi connectivity index (χ3n) is 11.9. The minimum atomic E-state index is 0.0781. The van der Waals surface area contributed by atoms with E-state index >= 15 is 0 Å². The number of hydrogen-bond acceptors (Lipinski definition) is 2. The summed E-state index contributed by atoms with van der Waals surface area (Å²) in [6.45, 7) is 4.82. The summed E-state index contributed by atoms with van der Waals surface area (Å²) in [5.41, 5.74) is 18.1. The molecular weight excluding hydrogens is 689 g/mol. The highest BCUT2D eigenvalue weighted by atomic mass is 15.2. The highest BCUT2D eigenvalue weighted by molar-refractivity contribution is 6.19. The lowest BCUT2D eigenvalue weighted by molar-refractivity contribution is 0.766. The number of rotatable bonds is 8. The number of nitrogens with zero attached hydrogens (tertiary/aromatic N) is 2. The van der Waals surface area contributed by atoms with Gasteiger partial charge in [-0.15, -0.1) is 0 Å². The molecule has 268 valence electrons. The molecule has 1 atom stereocenters. The summed E-state index contributed by atoms with van der Waals surface area (Å²) < 4.78 is 0. The van der Waals surface area contributed by atoms with Gasteiger partial charge < -0.3 is 4.90 Å². The number of hydrogen-bond donors (Lipinski definition) is 0. The molecule has 0 bridgehead atoms. The summed E-state index contributed by atoms with van der Waals surface area (Å²) in [6.07, 6.45) is 16.4. The first-order valence-corrected chi connectivity index (χ1v) is 19.8. The van der Waals surface area contributed by atoms with E-state index in [1.54, 1.807) is 0 Å². The van der Waals surface area contributed by atoms with Crippen LogP contribution < -0.4 is 4.90 Å². The summed E-state index contributed by atoms with van der Waals surface area (Å²) in [5.74, 6) is 0. The fourth-order valence-corrected chi connectivity index (χ4v) is 9.36. The molecule has 11 rings (SSSR count). The number of anilines is 1. The first-order valence-electron chi connectivity index (χ1n) is 19.8. The van der Waals surface area contributed by atoms with Crippen LogP contribution in [-0.4, -0.2) is 11.0 Å². The SMILES string of the molecule is C=C(/C=C(\C=C\c1ccc2c3c(cccc13)-c1ccccc1-2)c1ccc2c3c(cccc13)-c1ccccc1-2)N(c1ccccc1)C1C=CC(c2ccccn2)=CC1. The fourth-order valence-electron chi connectivity index (χ4n) is 9.36. The first-order chi connectivity index (χ1) is 28.2. The van der Waals surface area contributed by atoms with Crippen LogP contribution in [0, 0.1) is 0 Å². The lowest BCUT2D eigenvalue weighted by atomic mass is 9.92. The molecule has 7 aromatic carbocycles. The summed E-state index contributed by atoms with van der Waals surface area (Å²) in [7, 11) is 0. The molecule has 0 radical (unpaired) electrons. The third-order valence-corrected chi connectivity index (χ3v) is 11.9. The monoisotopic (exact) mass is 726 g/mol. The van der Waals surface area contributed by atoms with Crippen LogP contribution in [-0.2, 0) is 0 Å². The third kappa shape index (κ3) is 5.44. The van der Waals surface area contributed by atoms with E-state index in [4.69, 9.17) is 6.58 Å².